The molecule has 0 bridgehead atoms. The highest BCUT2D eigenvalue weighted by molar-refractivity contribution is 7.95. The van der Waals surface area contributed by atoms with Crippen LogP contribution in [-0.4, -0.2) is 47.9 Å². The summed E-state index contributed by atoms with van der Waals surface area (Å²) in [7, 11) is -2.17. The Hall–Kier alpha value is -2.29. The molecular formula is C19H23N3O4S. The van der Waals surface area contributed by atoms with Crippen LogP contribution in [-0.2, 0) is 14.9 Å². The quantitative estimate of drug-likeness (QED) is 0.850. The number of ether oxygens (including phenoxy) is 2. The number of hydrogen-bond acceptors (Lipinski definition) is 5. The molecule has 0 aliphatic carbocycles. The number of nitrogens with zero attached hydrogens (tertiary/aromatic N) is 2. The van der Waals surface area contributed by atoms with Gasteiger partial charge >= 0.3 is 10.2 Å². The molecule has 2 aliphatic heterocycles. The zero-order chi connectivity index (χ0) is 18.9. The summed E-state index contributed by atoms with van der Waals surface area (Å²) < 4.78 is 40.6. The second-order valence-electron chi connectivity index (χ2n) is 6.52. The Labute approximate surface area is 159 Å². The van der Waals surface area contributed by atoms with E-state index in [1.165, 1.54) is 8.61 Å². The first kappa shape index (κ1) is 18.1. The molecule has 0 spiro atoms. The highest BCUT2D eigenvalue weighted by Gasteiger charge is 2.41. The van der Waals surface area contributed by atoms with Crippen LogP contribution in [0.5, 0.6) is 5.75 Å². The fourth-order valence-corrected chi connectivity index (χ4v) is 5.22. The molecule has 0 aromatic heterocycles. The summed E-state index contributed by atoms with van der Waals surface area (Å²) in [5.74, 6) is 0.611. The fourth-order valence-electron chi connectivity index (χ4n) is 3.51. The SMILES string of the molecule is COc1cccc(N2c3ccccc3N(CCC3CNCCO3)S2(=O)=O)c1. The fraction of sp³-hybridized carbons (Fsp3) is 0.368. The van der Waals surface area contributed by atoms with Gasteiger partial charge in [-0.15, -0.1) is 0 Å². The third-order valence-corrected chi connectivity index (χ3v) is 6.63. The van der Waals surface area contributed by atoms with Gasteiger partial charge in [-0.2, -0.15) is 8.42 Å². The van der Waals surface area contributed by atoms with E-state index in [1.807, 2.05) is 24.3 Å². The van der Waals surface area contributed by atoms with Crippen LogP contribution in [0.15, 0.2) is 48.5 Å². The third-order valence-electron chi connectivity index (χ3n) is 4.82. The molecule has 1 unspecified atom stereocenters. The number of para-hydroxylation sites is 2. The normalized spacial score (nSPS) is 21.1. The minimum absolute atomic E-state index is 0.0204. The summed E-state index contributed by atoms with van der Waals surface area (Å²) >= 11 is 0. The number of fused-ring (bicyclic) bond motifs is 1. The molecular weight excluding hydrogens is 366 g/mol. The Balaban J connectivity index is 1.67. The molecule has 1 saturated heterocycles. The zero-order valence-corrected chi connectivity index (χ0v) is 16.0. The van der Waals surface area contributed by atoms with Gasteiger partial charge < -0.3 is 14.8 Å². The van der Waals surface area contributed by atoms with Gasteiger partial charge in [-0.3, -0.25) is 4.31 Å². The molecule has 8 heteroatoms. The summed E-state index contributed by atoms with van der Waals surface area (Å²) in [6.07, 6.45) is 0.652. The van der Waals surface area contributed by atoms with Gasteiger partial charge in [-0.25, -0.2) is 4.31 Å². The van der Waals surface area contributed by atoms with Crippen molar-refractivity contribution in [1.82, 2.24) is 5.32 Å². The topological polar surface area (TPSA) is 71.1 Å². The molecule has 7 nitrogen and oxygen atoms in total. The van der Waals surface area contributed by atoms with Gasteiger partial charge in [0.05, 0.1) is 36.9 Å². The standard InChI is InChI=1S/C19H23N3O4S/c1-25-16-6-4-5-15(13-16)22-19-8-3-2-7-18(19)21(27(22,23)24)11-9-17-14-20-10-12-26-17/h2-8,13,17,20H,9-12,14H2,1H3. The van der Waals surface area contributed by atoms with Crippen molar-refractivity contribution in [3.8, 4) is 5.75 Å². The lowest BCUT2D eigenvalue weighted by molar-refractivity contribution is 0.0254. The first-order valence-corrected chi connectivity index (χ1v) is 10.4. The first-order chi connectivity index (χ1) is 13.1. The molecule has 1 atom stereocenters. The predicted octanol–water partition coefficient (Wildman–Crippen LogP) is 2.28. The second-order valence-corrected chi connectivity index (χ2v) is 8.22. The minimum Gasteiger partial charge on any atom is -0.497 e. The van der Waals surface area contributed by atoms with Crippen molar-refractivity contribution in [2.24, 2.45) is 0 Å². The molecule has 2 heterocycles. The van der Waals surface area contributed by atoms with E-state index in [9.17, 15) is 8.42 Å². The molecule has 2 aromatic carbocycles. The Morgan fingerprint density at radius 2 is 2.00 bits per heavy atom. The largest absolute Gasteiger partial charge is 0.497 e. The Morgan fingerprint density at radius 1 is 1.19 bits per heavy atom. The number of anilines is 3. The molecule has 27 heavy (non-hydrogen) atoms. The van der Waals surface area contributed by atoms with Crippen LogP contribution in [0.3, 0.4) is 0 Å². The lowest BCUT2D eigenvalue weighted by Crippen LogP contribution is -2.42. The highest BCUT2D eigenvalue weighted by atomic mass is 32.2. The van der Waals surface area contributed by atoms with Gasteiger partial charge in [0, 0.05) is 25.7 Å². The number of nitrogens with one attached hydrogen (secondary N) is 1. The average Bonchev–Trinajstić information content (AvgIpc) is 2.93. The molecule has 4 rings (SSSR count). The number of benzene rings is 2. The Morgan fingerprint density at radius 3 is 2.74 bits per heavy atom. The third kappa shape index (κ3) is 3.36. The van der Waals surface area contributed by atoms with Crippen LogP contribution < -0.4 is 18.7 Å². The molecule has 2 aromatic rings. The smallest absolute Gasteiger partial charge is 0.330 e. The van der Waals surface area contributed by atoms with E-state index >= 15 is 0 Å². The molecule has 144 valence electrons. The average molecular weight is 389 g/mol. The van der Waals surface area contributed by atoms with Crippen molar-refractivity contribution in [1.29, 1.82) is 0 Å². The Kier molecular flexibility index (Phi) is 4.94. The minimum atomic E-state index is -3.73. The molecule has 2 aliphatic rings. The summed E-state index contributed by atoms with van der Waals surface area (Å²) in [6.45, 7) is 2.61. The number of methoxy groups -OCH3 is 1. The maximum atomic E-state index is 13.4. The molecule has 0 radical (unpaired) electrons. The van der Waals surface area contributed by atoms with E-state index in [0.29, 0.717) is 42.4 Å². The summed E-state index contributed by atoms with van der Waals surface area (Å²) in [5, 5.41) is 3.28. The van der Waals surface area contributed by atoms with Crippen molar-refractivity contribution >= 4 is 27.3 Å². The maximum Gasteiger partial charge on any atom is 0.330 e. The van der Waals surface area contributed by atoms with Gasteiger partial charge in [0.15, 0.2) is 0 Å². The monoisotopic (exact) mass is 389 g/mol. The van der Waals surface area contributed by atoms with Crippen LogP contribution in [0.4, 0.5) is 17.1 Å². The van der Waals surface area contributed by atoms with Crippen molar-refractivity contribution in [2.75, 3.05) is 42.0 Å². The van der Waals surface area contributed by atoms with E-state index in [1.54, 1.807) is 31.4 Å². The maximum absolute atomic E-state index is 13.4. The van der Waals surface area contributed by atoms with Gasteiger partial charge in [-0.05, 0) is 30.7 Å². The molecule has 0 amide bonds. The predicted molar refractivity (Wildman–Crippen MR) is 105 cm³/mol. The van der Waals surface area contributed by atoms with Crippen molar-refractivity contribution in [2.45, 2.75) is 12.5 Å². The van der Waals surface area contributed by atoms with E-state index in [-0.39, 0.29) is 6.10 Å². The highest BCUT2D eigenvalue weighted by Crippen LogP contribution is 2.45. The number of hydrogen-bond donors (Lipinski definition) is 1. The zero-order valence-electron chi connectivity index (χ0n) is 15.2. The van der Waals surface area contributed by atoms with Crippen LogP contribution >= 0.6 is 0 Å². The van der Waals surface area contributed by atoms with E-state index < -0.39 is 10.2 Å². The summed E-state index contributed by atoms with van der Waals surface area (Å²) in [4.78, 5) is 0. The molecule has 1 fully saturated rings. The van der Waals surface area contributed by atoms with Gasteiger partial charge in [0.1, 0.15) is 5.75 Å². The van der Waals surface area contributed by atoms with E-state index in [4.69, 9.17) is 9.47 Å². The van der Waals surface area contributed by atoms with Crippen molar-refractivity contribution in [3.63, 3.8) is 0 Å². The summed E-state index contributed by atoms with van der Waals surface area (Å²) in [6, 6.07) is 14.5. The van der Waals surface area contributed by atoms with Crippen molar-refractivity contribution < 1.29 is 17.9 Å². The number of morpholine rings is 1. The molecule has 0 saturated carbocycles. The van der Waals surface area contributed by atoms with Crippen LogP contribution in [0.2, 0.25) is 0 Å². The van der Waals surface area contributed by atoms with Gasteiger partial charge in [-0.1, -0.05) is 18.2 Å². The lowest BCUT2D eigenvalue weighted by atomic mass is 10.2. The molecule has 1 N–H and O–H groups in total. The number of rotatable bonds is 5. The second kappa shape index (κ2) is 7.38. The van der Waals surface area contributed by atoms with Crippen LogP contribution in [0, 0.1) is 0 Å². The van der Waals surface area contributed by atoms with Gasteiger partial charge in [0.25, 0.3) is 0 Å². The Bertz CT molecular complexity index is 913. The van der Waals surface area contributed by atoms with E-state index in [2.05, 4.69) is 5.32 Å². The van der Waals surface area contributed by atoms with E-state index in [0.717, 1.165) is 13.1 Å². The van der Waals surface area contributed by atoms with Crippen molar-refractivity contribution in [3.05, 3.63) is 48.5 Å². The van der Waals surface area contributed by atoms with Crippen LogP contribution in [0.25, 0.3) is 0 Å². The summed E-state index contributed by atoms with van der Waals surface area (Å²) in [5.41, 5.74) is 1.89. The lowest BCUT2D eigenvalue weighted by Gasteiger charge is -2.26. The first-order valence-electron chi connectivity index (χ1n) is 8.99. The van der Waals surface area contributed by atoms with Crippen LogP contribution in [0.1, 0.15) is 6.42 Å². The van der Waals surface area contributed by atoms with Gasteiger partial charge in [0.2, 0.25) is 0 Å².